The molecule has 0 heterocycles. The number of carbonyl (C=O) groups is 1. The molecule has 0 aliphatic rings. The van der Waals surface area contributed by atoms with E-state index in [0.717, 1.165) is 0 Å². The molecule has 1 aromatic carbocycles. The fraction of sp³-hybridized carbons (Fsp3) is 0.182. The van der Waals surface area contributed by atoms with Gasteiger partial charge in [0.25, 0.3) is 0 Å². The summed E-state index contributed by atoms with van der Waals surface area (Å²) in [6.45, 7) is 0. The lowest BCUT2D eigenvalue weighted by Gasteiger charge is -2.10. The first-order chi connectivity index (χ1) is 7.53. The van der Waals surface area contributed by atoms with Gasteiger partial charge in [-0.05, 0) is 6.07 Å². The van der Waals surface area contributed by atoms with Crippen molar-refractivity contribution in [2.24, 2.45) is 0 Å². The molecule has 1 aromatic rings. The third-order valence-electron chi connectivity index (χ3n) is 1.67. The summed E-state index contributed by atoms with van der Waals surface area (Å²) >= 11 is 0. The fourth-order valence-corrected chi connectivity index (χ4v) is 1.09. The summed E-state index contributed by atoms with van der Waals surface area (Å²) in [4.78, 5) is 10.0. The van der Waals surface area contributed by atoms with Crippen LogP contribution in [0.4, 0.5) is 13.2 Å². The fourth-order valence-electron chi connectivity index (χ4n) is 1.09. The molecule has 0 bridgehead atoms. The summed E-state index contributed by atoms with van der Waals surface area (Å²) in [6, 6.07) is 5.72. The maximum Gasteiger partial charge on any atom is 0.573 e. The van der Waals surface area contributed by atoms with Gasteiger partial charge < -0.3 is 9.53 Å². The molecule has 2 nitrogen and oxygen atoms in total. The predicted octanol–water partition coefficient (Wildman–Crippen LogP) is 3.19. The van der Waals surface area contributed by atoms with Crippen LogP contribution in [0.25, 0.3) is 6.08 Å². The highest BCUT2D eigenvalue weighted by Crippen LogP contribution is 2.26. The number of hydrogen-bond acceptors (Lipinski definition) is 2. The Kier molecular flexibility index (Phi) is 4.10. The van der Waals surface area contributed by atoms with Gasteiger partial charge in [0.15, 0.2) is 0 Å². The molecule has 0 amide bonds. The van der Waals surface area contributed by atoms with Gasteiger partial charge in [-0.2, -0.15) is 0 Å². The van der Waals surface area contributed by atoms with Crippen LogP contribution in [0, 0.1) is 0 Å². The molecule has 0 unspecified atom stereocenters. The molecule has 0 aromatic heterocycles. The van der Waals surface area contributed by atoms with Crippen molar-refractivity contribution in [3.63, 3.8) is 0 Å². The second-order valence-corrected chi connectivity index (χ2v) is 2.89. The van der Waals surface area contributed by atoms with Crippen LogP contribution in [0.5, 0.6) is 5.75 Å². The lowest BCUT2D eigenvalue weighted by atomic mass is 10.2. The van der Waals surface area contributed by atoms with Gasteiger partial charge in [-0.25, -0.2) is 0 Å². The van der Waals surface area contributed by atoms with E-state index in [-0.39, 0.29) is 17.7 Å². The standard InChI is InChI=1S/C11H9F3O2/c12-11(13,14)16-10-7-2-1-5-9(10)6-3-4-8-15/h1-3,5-8H,4H2. The summed E-state index contributed by atoms with van der Waals surface area (Å²) in [5, 5.41) is 0. The molecule has 0 N–H and O–H groups in total. The number of ether oxygens (including phenoxy) is 1. The number of carbonyl (C=O) groups excluding carboxylic acids is 1. The summed E-state index contributed by atoms with van der Waals surface area (Å²) in [6.07, 6.45) is -1.03. The van der Waals surface area contributed by atoms with Gasteiger partial charge in [-0.1, -0.05) is 30.4 Å². The van der Waals surface area contributed by atoms with Crippen LogP contribution in [0.3, 0.4) is 0 Å². The Labute approximate surface area is 90.3 Å². The first-order valence-corrected chi connectivity index (χ1v) is 4.48. The molecular weight excluding hydrogens is 221 g/mol. The Morgan fingerprint density at radius 3 is 2.56 bits per heavy atom. The minimum absolute atomic E-state index is 0.153. The van der Waals surface area contributed by atoms with Gasteiger partial charge in [0, 0.05) is 12.0 Å². The number of halogens is 3. The molecule has 5 heteroatoms. The van der Waals surface area contributed by atoms with E-state index in [0.29, 0.717) is 6.29 Å². The van der Waals surface area contributed by atoms with E-state index >= 15 is 0 Å². The Bertz CT molecular complexity index is 383. The van der Waals surface area contributed by atoms with Crippen LogP contribution in [-0.2, 0) is 4.79 Å². The van der Waals surface area contributed by atoms with Gasteiger partial charge in [0.1, 0.15) is 12.0 Å². The van der Waals surface area contributed by atoms with Gasteiger partial charge >= 0.3 is 6.36 Å². The molecule has 0 aliphatic heterocycles. The van der Waals surface area contributed by atoms with Crippen molar-refractivity contribution in [2.45, 2.75) is 12.8 Å². The second-order valence-electron chi connectivity index (χ2n) is 2.89. The number of para-hydroxylation sites is 1. The highest BCUT2D eigenvalue weighted by atomic mass is 19.4. The number of benzene rings is 1. The smallest absolute Gasteiger partial charge is 0.405 e. The average molecular weight is 230 g/mol. The number of aldehydes is 1. The van der Waals surface area contributed by atoms with Crippen LogP contribution < -0.4 is 4.74 Å². The molecule has 0 radical (unpaired) electrons. The van der Waals surface area contributed by atoms with Crippen molar-refractivity contribution in [2.75, 3.05) is 0 Å². The highest BCUT2D eigenvalue weighted by molar-refractivity contribution is 5.61. The molecule has 16 heavy (non-hydrogen) atoms. The minimum atomic E-state index is -4.71. The lowest BCUT2D eigenvalue weighted by molar-refractivity contribution is -0.274. The van der Waals surface area contributed by atoms with Gasteiger partial charge in [-0.3, -0.25) is 0 Å². The number of rotatable bonds is 4. The molecule has 0 atom stereocenters. The third-order valence-corrected chi connectivity index (χ3v) is 1.67. The summed E-state index contributed by atoms with van der Waals surface area (Å²) < 4.78 is 39.8. The topological polar surface area (TPSA) is 26.3 Å². The van der Waals surface area contributed by atoms with E-state index in [4.69, 9.17) is 0 Å². The molecule has 0 fully saturated rings. The lowest BCUT2D eigenvalue weighted by Crippen LogP contribution is -2.17. The maximum atomic E-state index is 12.0. The Balaban J connectivity index is 2.87. The average Bonchev–Trinajstić information content (AvgIpc) is 2.19. The largest absolute Gasteiger partial charge is 0.573 e. The zero-order valence-electron chi connectivity index (χ0n) is 8.20. The summed E-state index contributed by atoms with van der Waals surface area (Å²) in [7, 11) is 0. The van der Waals surface area contributed by atoms with E-state index in [1.807, 2.05) is 0 Å². The van der Waals surface area contributed by atoms with Crippen molar-refractivity contribution in [1.82, 2.24) is 0 Å². The van der Waals surface area contributed by atoms with Crippen molar-refractivity contribution < 1.29 is 22.7 Å². The van der Waals surface area contributed by atoms with Gasteiger partial charge in [0.2, 0.25) is 0 Å². The summed E-state index contributed by atoms with van der Waals surface area (Å²) in [5.74, 6) is -0.280. The SMILES string of the molecule is O=CCC=Cc1ccccc1OC(F)(F)F. The van der Waals surface area contributed by atoms with Crippen LogP contribution in [-0.4, -0.2) is 12.6 Å². The third kappa shape index (κ3) is 4.16. The predicted molar refractivity (Wildman–Crippen MR) is 52.8 cm³/mol. The van der Waals surface area contributed by atoms with E-state index in [1.54, 1.807) is 6.07 Å². The van der Waals surface area contributed by atoms with Gasteiger partial charge in [-0.15, -0.1) is 13.2 Å². The van der Waals surface area contributed by atoms with E-state index in [1.165, 1.54) is 30.4 Å². The Morgan fingerprint density at radius 2 is 1.94 bits per heavy atom. The zero-order valence-corrected chi connectivity index (χ0v) is 8.20. The first-order valence-electron chi connectivity index (χ1n) is 4.48. The Morgan fingerprint density at radius 1 is 1.25 bits per heavy atom. The molecule has 0 saturated carbocycles. The number of alkyl halides is 3. The second kappa shape index (κ2) is 5.34. The molecule has 0 spiro atoms. The zero-order chi connectivity index (χ0) is 12.0. The maximum absolute atomic E-state index is 12.0. The van der Waals surface area contributed by atoms with Crippen molar-refractivity contribution in [3.8, 4) is 5.75 Å². The van der Waals surface area contributed by atoms with Crippen molar-refractivity contribution >= 4 is 12.4 Å². The first kappa shape index (κ1) is 12.3. The molecule has 0 aliphatic carbocycles. The number of allylic oxidation sites excluding steroid dienone is 1. The molecule has 0 saturated heterocycles. The van der Waals surface area contributed by atoms with Crippen LogP contribution in [0.15, 0.2) is 30.3 Å². The molecular formula is C11H9F3O2. The van der Waals surface area contributed by atoms with Crippen LogP contribution in [0.1, 0.15) is 12.0 Å². The van der Waals surface area contributed by atoms with E-state index in [9.17, 15) is 18.0 Å². The Hall–Kier alpha value is -1.78. The molecule has 1 rings (SSSR count). The van der Waals surface area contributed by atoms with Crippen molar-refractivity contribution in [3.05, 3.63) is 35.9 Å². The van der Waals surface area contributed by atoms with E-state index in [2.05, 4.69) is 4.74 Å². The van der Waals surface area contributed by atoms with Gasteiger partial charge in [0.05, 0.1) is 0 Å². The molecule has 86 valence electrons. The minimum Gasteiger partial charge on any atom is -0.405 e. The highest BCUT2D eigenvalue weighted by Gasteiger charge is 2.31. The van der Waals surface area contributed by atoms with E-state index < -0.39 is 6.36 Å². The van der Waals surface area contributed by atoms with Crippen molar-refractivity contribution in [1.29, 1.82) is 0 Å². The van der Waals surface area contributed by atoms with Crippen LogP contribution >= 0.6 is 0 Å². The quantitative estimate of drug-likeness (QED) is 0.742. The van der Waals surface area contributed by atoms with Crippen LogP contribution in [0.2, 0.25) is 0 Å². The normalized spacial score (nSPS) is 11.7. The summed E-state index contributed by atoms with van der Waals surface area (Å²) in [5.41, 5.74) is 0.279. The monoisotopic (exact) mass is 230 g/mol. The number of hydrogen-bond donors (Lipinski definition) is 0.